The first-order chi connectivity index (χ1) is 7.66. The van der Waals surface area contributed by atoms with Gasteiger partial charge in [0.2, 0.25) is 0 Å². The molecule has 0 radical (unpaired) electrons. The molecular weight excluding hydrogens is 245 g/mol. The van der Waals surface area contributed by atoms with Crippen LogP contribution in [-0.4, -0.2) is 4.21 Å². The summed E-state index contributed by atoms with van der Waals surface area (Å²) in [5.41, 5.74) is 6.73. The molecule has 0 bridgehead atoms. The van der Waals surface area contributed by atoms with Crippen molar-refractivity contribution in [3.05, 3.63) is 46.4 Å². The summed E-state index contributed by atoms with van der Waals surface area (Å²) in [5.74, 6) is -0.168. The smallest absolute Gasteiger partial charge is 0.141 e. The molecule has 1 heterocycles. The summed E-state index contributed by atoms with van der Waals surface area (Å²) < 4.78 is 25.3. The average molecular weight is 255 g/mol. The minimum atomic E-state index is -1.36. The lowest BCUT2D eigenvalue weighted by atomic mass is 10.3. The van der Waals surface area contributed by atoms with Crippen molar-refractivity contribution in [1.29, 1.82) is 0 Å². The third-order valence-corrected chi connectivity index (χ3v) is 4.23. The fraction of sp³-hybridized carbons (Fsp3) is 0.0909. The molecule has 0 aliphatic heterocycles. The molecule has 1 aromatic heterocycles. The van der Waals surface area contributed by atoms with E-state index in [2.05, 4.69) is 0 Å². The summed E-state index contributed by atoms with van der Waals surface area (Å²) in [6, 6.07) is 6.12. The second-order valence-electron chi connectivity index (χ2n) is 3.31. The standard InChI is InChI=1S/C11H10FNOS2/c12-10-5-9(13)1-2-11(10)16(14)7-8-3-4-15-6-8/h1-6H,7,13H2. The number of benzene rings is 1. The van der Waals surface area contributed by atoms with Gasteiger partial charge in [0.25, 0.3) is 0 Å². The van der Waals surface area contributed by atoms with Crippen molar-refractivity contribution >= 4 is 27.8 Å². The van der Waals surface area contributed by atoms with Gasteiger partial charge in [-0.3, -0.25) is 4.21 Å². The number of anilines is 1. The molecule has 0 spiro atoms. The molecule has 1 atom stereocenters. The Bertz CT molecular complexity index is 511. The summed E-state index contributed by atoms with van der Waals surface area (Å²) in [4.78, 5) is 0.209. The molecule has 5 heteroatoms. The minimum absolute atomic E-state index is 0.209. The predicted molar refractivity (Wildman–Crippen MR) is 65.2 cm³/mol. The summed E-state index contributed by atoms with van der Waals surface area (Å²) in [5, 5.41) is 3.82. The van der Waals surface area contributed by atoms with E-state index in [0.29, 0.717) is 11.4 Å². The van der Waals surface area contributed by atoms with Crippen molar-refractivity contribution in [1.82, 2.24) is 0 Å². The Morgan fingerprint density at radius 1 is 1.38 bits per heavy atom. The van der Waals surface area contributed by atoms with Crippen molar-refractivity contribution in [2.24, 2.45) is 0 Å². The molecule has 2 N–H and O–H groups in total. The summed E-state index contributed by atoms with van der Waals surface area (Å²) in [6.45, 7) is 0. The molecule has 1 aromatic carbocycles. The summed E-state index contributed by atoms with van der Waals surface area (Å²) >= 11 is 1.54. The van der Waals surface area contributed by atoms with Crippen LogP contribution >= 0.6 is 11.3 Å². The number of halogens is 1. The van der Waals surface area contributed by atoms with Crippen LogP contribution in [-0.2, 0) is 16.6 Å². The van der Waals surface area contributed by atoms with E-state index >= 15 is 0 Å². The highest BCUT2D eigenvalue weighted by molar-refractivity contribution is 7.84. The van der Waals surface area contributed by atoms with Crippen LogP contribution in [0.25, 0.3) is 0 Å². The highest BCUT2D eigenvalue weighted by Gasteiger charge is 2.11. The molecule has 1 unspecified atom stereocenters. The molecule has 0 aliphatic rings. The van der Waals surface area contributed by atoms with Crippen molar-refractivity contribution in [2.45, 2.75) is 10.6 Å². The maximum atomic E-state index is 13.5. The van der Waals surface area contributed by atoms with Gasteiger partial charge in [0.15, 0.2) is 0 Å². The van der Waals surface area contributed by atoms with E-state index in [9.17, 15) is 8.60 Å². The Balaban J connectivity index is 2.21. The van der Waals surface area contributed by atoms with Crippen LogP contribution in [0, 0.1) is 5.82 Å². The zero-order chi connectivity index (χ0) is 11.5. The lowest BCUT2D eigenvalue weighted by molar-refractivity contribution is 0.596. The van der Waals surface area contributed by atoms with E-state index in [4.69, 9.17) is 5.73 Å². The monoisotopic (exact) mass is 255 g/mol. The Kier molecular flexibility index (Phi) is 3.36. The van der Waals surface area contributed by atoms with Crippen LogP contribution in [0.4, 0.5) is 10.1 Å². The molecule has 0 saturated carbocycles. The van der Waals surface area contributed by atoms with Gasteiger partial charge in [-0.2, -0.15) is 11.3 Å². The molecule has 2 nitrogen and oxygen atoms in total. The molecule has 2 rings (SSSR count). The topological polar surface area (TPSA) is 43.1 Å². The van der Waals surface area contributed by atoms with Gasteiger partial charge < -0.3 is 5.73 Å². The molecular formula is C11H10FNOS2. The molecule has 16 heavy (non-hydrogen) atoms. The van der Waals surface area contributed by atoms with Gasteiger partial charge in [-0.15, -0.1) is 0 Å². The molecule has 0 aliphatic carbocycles. The molecule has 2 aromatic rings. The van der Waals surface area contributed by atoms with E-state index in [1.165, 1.54) is 23.5 Å². The first kappa shape index (κ1) is 11.3. The van der Waals surface area contributed by atoms with Gasteiger partial charge in [0, 0.05) is 5.69 Å². The van der Waals surface area contributed by atoms with E-state index in [-0.39, 0.29) is 4.90 Å². The maximum absolute atomic E-state index is 13.5. The van der Waals surface area contributed by atoms with Gasteiger partial charge in [0.1, 0.15) is 5.82 Å². The predicted octanol–water partition coefficient (Wildman–Crippen LogP) is 2.78. The second-order valence-corrected chi connectivity index (χ2v) is 5.51. The zero-order valence-corrected chi connectivity index (χ0v) is 9.98. The number of thiophene rings is 1. The van der Waals surface area contributed by atoms with Crippen LogP contribution in [0.3, 0.4) is 0 Å². The van der Waals surface area contributed by atoms with Crippen LogP contribution in [0.2, 0.25) is 0 Å². The number of nitrogens with two attached hydrogens (primary N) is 1. The van der Waals surface area contributed by atoms with Gasteiger partial charge in [-0.05, 0) is 40.6 Å². The van der Waals surface area contributed by atoms with Crippen molar-refractivity contribution in [3.8, 4) is 0 Å². The van der Waals surface area contributed by atoms with Gasteiger partial charge >= 0.3 is 0 Å². The van der Waals surface area contributed by atoms with E-state index in [1.54, 1.807) is 6.07 Å². The number of hydrogen-bond acceptors (Lipinski definition) is 3. The number of nitrogen functional groups attached to an aromatic ring is 1. The van der Waals surface area contributed by atoms with Crippen LogP contribution < -0.4 is 5.73 Å². The fourth-order valence-corrected chi connectivity index (χ4v) is 3.21. The highest BCUT2D eigenvalue weighted by atomic mass is 32.2. The lowest BCUT2D eigenvalue weighted by Gasteiger charge is -2.03. The maximum Gasteiger partial charge on any atom is 0.141 e. The van der Waals surface area contributed by atoms with Gasteiger partial charge in [0.05, 0.1) is 21.4 Å². The second kappa shape index (κ2) is 4.76. The van der Waals surface area contributed by atoms with Gasteiger partial charge in [-0.25, -0.2) is 4.39 Å². The van der Waals surface area contributed by atoms with Gasteiger partial charge in [-0.1, -0.05) is 0 Å². The number of rotatable bonds is 3. The third kappa shape index (κ3) is 2.48. The average Bonchev–Trinajstić information content (AvgIpc) is 2.70. The Morgan fingerprint density at radius 2 is 2.19 bits per heavy atom. The summed E-state index contributed by atoms with van der Waals surface area (Å²) in [6.07, 6.45) is 0. The van der Waals surface area contributed by atoms with E-state index in [0.717, 1.165) is 5.56 Å². The zero-order valence-electron chi connectivity index (χ0n) is 8.35. The van der Waals surface area contributed by atoms with E-state index < -0.39 is 16.6 Å². The third-order valence-electron chi connectivity index (χ3n) is 2.08. The SMILES string of the molecule is Nc1ccc(S(=O)Cc2ccsc2)c(F)c1. The number of hydrogen-bond donors (Lipinski definition) is 1. The molecule has 0 amide bonds. The Labute approximate surface area is 99.4 Å². The molecule has 0 saturated heterocycles. The lowest BCUT2D eigenvalue weighted by Crippen LogP contribution is -1.99. The Morgan fingerprint density at radius 3 is 2.81 bits per heavy atom. The Hall–Kier alpha value is -1.20. The van der Waals surface area contributed by atoms with Crippen molar-refractivity contribution in [2.75, 3.05) is 5.73 Å². The first-order valence-corrected chi connectivity index (χ1v) is 6.87. The summed E-state index contributed by atoms with van der Waals surface area (Å²) in [7, 11) is -1.36. The van der Waals surface area contributed by atoms with Crippen molar-refractivity contribution in [3.63, 3.8) is 0 Å². The molecule has 0 fully saturated rings. The fourth-order valence-electron chi connectivity index (χ4n) is 1.31. The minimum Gasteiger partial charge on any atom is -0.399 e. The van der Waals surface area contributed by atoms with Crippen LogP contribution in [0.1, 0.15) is 5.56 Å². The largest absolute Gasteiger partial charge is 0.399 e. The van der Waals surface area contributed by atoms with Crippen LogP contribution in [0.5, 0.6) is 0 Å². The van der Waals surface area contributed by atoms with E-state index in [1.807, 2.05) is 16.8 Å². The van der Waals surface area contributed by atoms with Crippen molar-refractivity contribution < 1.29 is 8.60 Å². The quantitative estimate of drug-likeness (QED) is 0.857. The van der Waals surface area contributed by atoms with Crippen LogP contribution in [0.15, 0.2) is 39.9 Å². The highest BCUT2D eigenvalue weighted by Crippen LogP contribution is 2.19. The molecule has 84 valence electrons. The normalized spacial score (nSPS) is 12.6. The first-order valence-electron chi connectivity index (χ1n) is 4.61.